The molecule has 30 heavy (non-hydrogen) atoms. The summed E-state index contributed by atoms with van der Waals surface area (Å²) in [4.78, 5) is 19.5. The molecule has 154 valence electrons. The summed E-state index contributed by atoms with van der Waals surface area (Å²) in [6, 6.07) is 12.5. The fourth-order valence-electron chi connectivity index (χ4n) is 3.43. The molecule has 0 unspecified atom stereocenters. The standard InChI is InChI=1S/C22H21FN4O2S/c1-14(15-7-9-16(10-8-15)27-13-24-12-25-27)26(2)22(28)21-17(11-29-3)20-18(23)5-4-6-19(20)30-21/h4-10,12-14H,11H2,1-3H3/t14-/m1/s1. The van der Waals surface area contributed by atoms with E-state index in [0.29, 0.717) is 15.8 Å². The highest BCUT2D eigenvalue weighted by Crippen LogP contribution is 2.35. The van der Waals surface area contributed by atoms with Gasteiger partial charge in [-0.15, -0.1) is 11.3 Å². The monoisotopic (exact) mass is 424 g/mol. The van der Waals surface area contributed by atoms with Crippen LogP contribution in [-0.4, -0.2) is 39.7 Å². The van der Waals surface area contributed by atoms with E-state index in [9.17, 15) is 9.18 Å². The number of thiophene rings is 1. The Balaban J connectivity index is 1.63. The average Bonchev–Trinajstić information content (AvgIpc) is 3.42. The predicted molar refractivity (Wildman–Crippen MR) is 114 cm³/mol. The topological polar surface area (TPSA) is 60.2 Å². The van der Waals surface area contributed by atoms with E-state index < -0.39 is 0 Å². The Morgan fingerprint density at radius 3 is 2.70 bits per heavy atom. The van der Waals surface area contributed by atoms with E-state index in [1.165, 1.54) is 23.7 Å². The number of benzene rings is 2. The van der Waals surface area contributed by atoms with Gasteiger partial charge in [-0.1, -0.05) is 18.2 Å². The van der Waals surface area contributed by atoms with Gasteiger partial charge in [0.15, 0.2) is 0 Å². The van der Waals surface area contributed by atoms with E-state index >= 15 is 0 Å². The summed E-state index contributed by atoms with van der Waals surface area (Å²) in [5.41, 5.74) is 2.47. The number of fused-ring (bicyclic) bond motifs is 1. The molecule has 0 saturated carbocycles. The van der Waals surface area contributed by atoms with Crippen LogP contribution in [0.25, 0.3) is 15.8 Å². The molecule has 0 N–H and O–H groups in total. The Bertz CT molecular complexity index is 1170. The maximum atomic E-state index is 14.4. The van der Waals surface area contributed by atoms with E-state index in [-0.39, 0.29) is 24.4 Å². The maximum Gasteiger partial charge on any atom is 0.264 e. The second-order valence-corrected chi connectivity index (χ2v) is 8.03. The number of amides is 1. The Morgan fingerprint density at radius 2 is 2.03 bits per heavy atom. The molecule has 0 spiro atoms. The van der Waals surface area contributed by atoms with Crippen LogP contribution in [0, 0.1) is 5.82 Å². The van der Waals surface area contributed by atoms with Gasteiger partial charge in [-0.05, 0) is 36.8 Å². The van der Waals surface area contributed by atoms with Crippen LogP contribution in [0.15, 0.2) is 55.1 Å². The third kappa shape index (κ3) is 3.59. The number of hydrogen-bond acceptors (Lipinski definition) is 5. The molecule has 0 aliphatic carbocycles. The molecule has 0 radical (unpaired) electrons. The van der Waals surface area contributed by atoms with Gasteiger partial charge in [0.25, 0.3) is 5.91 Å². The first-order valence-electron chi connectivity index (χ1n) is 9.42. The fourth-order valence-corrected chi connectivity index (χ4v) is 4.63. The quantitative estimate of drug-likeness (QED) is 0.454. The number of hydrogen-bond donors (Lipinski definition) is 0. The number of methoxy groups -OCH3 is 1. The predicted octanol–water partition coefficient (Wildman–Crippen LogP) is 4.60. The highest BCUT2D eigenvalue weighted by atomic mass is 32.1. The number of rotatable bonds is 6. The number of carbonyl (C=O) groups is 1. The van der Waals surface area contributed by atoms with Crippen molar-refractivity contribution in [2.75, 3.05) is 14.2 Å². The zero-order valence-electron chi connectivity index (χ0n) is 16.9. The molecule has 0 fully saturated rings. The highest BCUT2D eigenvalue weighted by molar-refractivity contribution is 7.21. The SMILES string of the molecule is COCc1c(C(=O)N(C)[C@H](C)c2ccc(-n3cncn3)cc2)sc2cccc(F)c12. The van der Waals surface area contributed by atoms with Gasteiger partial charge in [0, 0.05) is 29.8 Å². The molecular weight excluding hydrogens is 403 g/mol. The Hall–Kier alpha value is -3.10. The van der Waals surface area contributed by atoms with Crippen molar-refractivity contribution in [1.82, 2.24) is 19.7 Å². The van der Waals surface area contributed by atoms with Crippen LogP contribution < -0.4 is 0 Å². The van der Waals surface area contributed by atoms with Crippen molar-refractivity contribution in [2.45, 2.75) is 19.6 Å². The molecule has 1 amide bonds. The molecule has 0 aliphatic heterocycles. The van der Waals surface area contributed by atoms with Gasteiger partial charge in [-0.25, -0.2) is 14.1 Å². The van der Waals surface area contributed by atoms with E-state index in [2.05, 4.69) is 10.1 Å². The minimum atomic E-state index is -0.339. The third-order valence-corrected chi connectivity index (χ3v) is 6.39. The molecule has 4 aromatic rings. The van der Waals surface area contributed by atoms with Gasteiger partial charge in [0.2, 0.25) is 0 Å². The minimum Gasteiger partial charge on any atom is -0.380 e. The second kappa shape index (κ2) is 8.33. The zero-order chi connectivity index (χ0) is 21.3. The molecule has 2 aromatic heterocycles. The van der Waals surface area contributed by atoms with Gasteiger partial charge in [-0.3, -0.25) is 4.79 Å². The van der Waals surface area contributed by atoms with E-state index in [0.717, 1.165) is 16.0 Å². The summed E-state index contributed by atoms with van der Waals surface area (Å²) >= 11 is 1.30. The van der Waals surface area contributed by atoms with Crippen molar-refractivity contribution >= 4 is 27.3 Å². The van der Waals surface area contributed by atoms with Gasteiger partial charge in [0.05, 0.1) is 23.2 Å². The number of halogens is 1. The average molecular weight is 425 g/mol. The van der Waals surface area contributed by atoms with Crippen molar-refractivity contribution in [2.24, 2.45) is 0 Å². The van der Waals surface area contributed by atoms with Gasteiger partial charge < -0.3 is 9.64 Å². The van der Waals surface area contributed by atoms with E-state index in [1.54, 1.807) is 36.1 Å². The summed E-state index contributed by atoms with van der Waals surface area (Å²) < 4.78 is 22.1. The summed E-state index contributed by atoms with van der Waals surface area (Å²) in [6.07, 6.45) is 3.11. The third-order valence-electron chi connectivity index (χ3n) is 5.21. The lowest BCUT2D eigenvalue weighted by molar-refractivity contribution is 0.0743. The summed E-state index contributed by atoms with van der Waals surface area (Å²) in [5, 5.41) is 4.58. The van der Waals surface area contributed by atoms with Crippen molar-refractivity contribution in [3.05, 3.63) is 76.9 Å². The molecule has 4 rings (SSSR count). The lowest BCUT2D eigenvalue weighted by atomic mass is 10.1. The number of aromatic nitrogens is 3. The summed E-state index contributed by atoms with van der Waals surface area (Å²) in [7, 11) is 3.30. The molecule has 6 nitrogen and oxygen atoms in total. The van der Waals surface area contributed by atoms with Crippen LogP contribution >= 0.6 is 11.3 Å². The van der Waals surface area contributed by atoms with Crippen molar-refractivity contribution in [3.8, 4) is 5.69 Å². The van der Waals surface area contributed by atoms with Gasteiger partial charge in [0.1, 0.15) is 18.5 Å². The van der Waals surface area contributed by atoms with Crippen molar-refractivity contribution in [3.63, 3.8) is 0 Å². The van der Waals surface area contributed by atoms with Crippen molar-refractivity contribution < 1.29 is 13.9 Å². The van der Waals surface area contributed by atoms with Gasteiger partial charge in [-0.2, -0.15) is 5.10 Å². The molecule has 2 heterocycles. The first-order valence-corrected chi connectivity index (χ1v) is 10.2. The lowest BCUT2D eigenvalue weighted by Gasteiger charge is -2.25. The van der Waals surface area contributed by atoms with Crippen LogP contribution in [0.5, 0.6) is 0 Å². The van der Waals surface area contributed by atoms with Crippen LogP contribution in [0.1, 0.15) is 33.8 Å². The molecule has 1 atom stereocenters. The number of ether oxygens (including phenoxy) is 1. The Morgan fingerprint density at radius 1 is 1.27 bits per heavy atom. The van der Waals surface area contributed by atoms with Crippen LogP contribution in [0.2, 0.25) is 0 Å². The van der Waals surface area contributed by atoms with Crippen LogP contribution in [0.4, 0.5) is 4.39 Å². The molecule has 0 aliphatic rings. The van der Waals surface area contributed by atoms with E-state index in [1.807, 2.05) is 37.3 Å². The van der Waals surface area contributed by atoms with Gasteiger partial charge >= 0.3 is 0 Å². The minimum absolute atomic E-state index is 0.157. The molecular formula is C22H21FN4O2S. The van der Waals surface area contributed by atoms with Crippen LogP contribution in [-0.2, 0) is 11.3 Å². The van der Waals surface area contributed by atoms with Crippen molar-refractivity contribution in [1.29, 1.82) is 0 Å². The maximum absolute atomic E-state index is 14.4. The Labute approximate surface area is 177 Å². The van der Waals surface area contributed by atoms with E-state index in [4.69, 9.17) is 4.74 Å². The molecule has 0 saturated heterocycles. The lowest BCUT2D eigenvalue weighted by Crippen LogP contribution is -2.29. The number of nitrogens with zero attached hydrogens (tertiary/aromatic N) is 4. The largest absolute Gasteiger partial charge is 0.380 e. The molecule has 2 aromatic carbocycles. The first-order chi connectivity index (χ1) is 14.5. The smallest absolute Gasteiger partial charge is 0.264 e. The molecule has 0 bridgehead atoms. The normalized spacial score (nSPS) is 12.3. The fraction of sp³-hybridized carbons (Fsp3) is 0.227. The summed E-state index contributed by atoms with van der Waals surface area (Å²) in [5.74, 6) is -0.496. The molecule has 8 heteroatoms. The number of carbonyl (C=O) groups excluding carboxylic acids is 1. The summed E-state index contributed by atoms with van der Waals surface area (Å²) in [6.45, 7) is 2.14. The highest BCUT2D eigenvalue weighted by Gasteiger charge is 2.26. The Kier molecular flexibility index (Phi) is 5.61. The second-order valence-electron chi connectivity index (χ2n) is 6.98. The zero-order valence-corrected chi connectivity index (χ0v) is 17.7. The van der Waals surface area contributed by atoms with Crippen LogP contribution in [0.3, 0.4) is 0 Å². The first kappa shape index (κ1) is 20.2.